The smallest absolute Gasteiger partial charge is 0.330 e. The molecule has 1 aliphatic heterocycles. The largest absolute Gasteiger partial charge is 0.394 e. The third-order valence-electron chi connectivity index (χ3n) is 2.62. The van der Waals surface area contributed by atoms with Gasteiger partial charge in [-0.2, -0.15) is 4.39 Å². The molecular formula is C9H11FN2O6. The lowest BCUT2D eigenvalue weighted by molar-refractivity contribution is -0.0554. The zero-order valence-corrected chi connectivity index (χ0v) is 8.86. The van der Waals surface area contributed by atoms with E-state index in [1.165, 1.54) is 0 Å². The lowest BCUT2D eigenvalue weighted by atomic mass is 10.1. The van der Waals surface area contributed by atoms with Crippen LogP contribution in [0.25, 0.3) is 0 Å². The number of aromatic nitrogens is 2. The quantitative estimate of drug-likeness (QED) is 0.459. The van der Waals surface area contributed by atoms with E-state index in [2.05, 4.69) is 0 Å². The molecule has 1 fully saturated rings. The summed E-state index contributed by atoms with van der Waals surface area (Å²) in [5, 5.41) is 28.2. The van der Waals surface area contributed by atoms with Crippen molar-refractivity contribution in [1.29, 1.82) is 0 Å². The number of H-pyrrole nitrogens is 1. The third-order valence-corrected chi connectivity index (χ3v) is 2.62. The summed E-state index contributed by atoms with van der Waals surface area (Å²) >= 11 is 0. The van der Waals surface area contributed by atoms with Crippen molar-refractivity contribution < 1.29 is 25.8 Å². The molecule has 9 heteroatoms. The van der Waals surface area contributed by atoms with E-state index in [1.54, 1.807) is 4.98 Å². The summed E-state index contributed by atoms with van der Waals surface area (Å²) in [7, 11) is 0. The highest BCUT2D eigenvalue weighted by Crippen LogP contribution is 2.27. The van der Waals surface area contributed by atoms with E-state index >= 15 is 0 Å². The van der Waals surface area contributed by atoms with Gasteiger partial charge in [-0.1, -0.05) is 0 Å². The monoisotopic (exact) mass is 263 g/mol. The van der Waals surface area contributed by atoms with Crippen molar-refractivity contribution >= 4 is 0 Å². The maximum Gasteiger partial charge on any atom is 0.330 e. The van der Waals surface area contributed by atoms with Gasteiger partial charge in [0.2, 0.25) is 5.82 Å². The minimum Gasteiger partial charge on any atom is -0.394 e. The summed E-state index contributed by atoms with van der Waals surface area (Å²) < 4.78 is 25.6. The molecule has 0 radical (unpaired) electrons. The number of aromatic amines is 1. The summed E-state index contributed by atoms with van der Waals surface area (Å²) in [6.07, 6.45) is -5.74. The number of halogens is 1. The molecule has 1 aromatic heterocycles. The van der Waals surface area contributed by atoms with Gasteiger partial charge in [-0.25, -0.2) is 4.79 Å². The van der Waals surface area contributed by atoms with Gasteiger partial charge in [-0.3, -0.25) is 14.3 Å². The van der Waals surface area contributed by atoms with E-state index in [-0.39, 0.29) is 0 Å². The van der Waals surface area contributed by atoms with Gasteiger partial charge in [0.1, 0.15) is 18.3 Å². The van der Waals surface area contributed by atoms with Crippen LogP contribution < -0.4 is 11.2 Å². The SMILES string of the molecule is [2H]C(O)[C@H]1O[C@@H](n2cc(F)c(=O)[nH]c2=O)[C@H](O)[C@@H]1O. The Morgan fingerprint density at radius 3 is 2.72 bits per heavy atom. The summed E-state index contributed by atoms with van der Waals surface area (Å²) in [6, 6.07) is 0. The normalized spacial score (nSPS) is 34.3. The van der Waals surface area contributed by atoms with Crippen molar-refractivity contribution in [2.45, 2.75) is 24.5 Å². The zero-order chi connectivity index (χ0) is 14.3. The van der Waals surface area contributed by atoms with Crippen molar-refractivity contribution in [3.8, 4) is 0 Å². The molecule has 0 saturated carbocycles. The fraction of sp³-hybridized carbons (Fsp3) is 0.556. The van der Waals surface area contributed by atoms with Crippen LogP contribution in [-0.4, -0.2) is 49.8 Å². The molecule has 2 heterocycles. The first-order valence-electron chi connectivity index (χ1n) is 5.53. The second kappa shape index (κ2) is 4.61. The van der Waals surface area contributed by atoms with E-state index in [0.29, 0.717) is 10.8 Å². The van der Waals surface area contributed by atoms with Crippen LogP contribution in [0.1, 0.15) is 7.60 Å². The average molecular weight is 263 g/mol. The van der Waals surface area contributed by atoms with Crippen molar-refractivity contribution in [2.24, 2.45) is 0 Å². The van der Waals surface area contributed by atoms with Crippen LogP contribution in [0.2, 0.25) is 0 Å². The Labute approximate surface area is 100 Å². The fourth-order valence-corrected chi connectivity index (χ4v) is 1.69. The lowest BCUT2D eigenvalue weighted by Gasteiger charge is -2.16. The molecule has 8 nitrogen and oxygen atoms in total. The molecule has 1 saturated heterocycles. The van der Waals surface area contributed by atoms with Gasteiger partial charge in [0.25, 0.3) is 5.56 Å². The molecule has 0 aliphatic carbocycles. The number of aliphatic hydroxyl groups excluding tert-OH is 3. The van der Waals surface area contributed by atoms with Crippen LogP contribution in [0, 0.1) is 5.82 Å². The Kier molecular flexibility index (Phi) is 2.96. The first-order chi connectivity index (χ1) is 8.82. The van der Waals surface area contributed by atoms with Crippen LogP contribution in [0.4, 0.5) is 4.39 Å². The third kappa shape index (κ3) is 1.97. The summed E-state index contributed by atoms with van der Waals surface area (Å²) in [6.45, 7) is -1.85. The molecule has 1 aromatic rings. The standard InChI is InChI=1S/C9H11FN2O6/c10-3-1-12(9(17)11-7(3)16)8-6(15)5(14)4(2-13)18-8/h1,4-6,8,13-15H,2H2,(H,11,16,17)/t4-,5-,6-,8-/m1/s1/i2D/t2?,4-,5-,6-,8-. The van der Waals surface area contributed by atoms with E-state index < -0.39 is 48.2 Å². The molecule has 18 heavy (non-hydrogen) atoms. The highest BCUT2D eigenvalue weighted by molar-refractivity contribution is 4.94. The Morgan fingerprint density at radius 1 is 1.50 bits per heavy atom. The molecule has 0 spiro atoms. The molecule has 0 amide bonds. The minimum atomic E-state index is -1.85. The Balaban J connectivity index is 2.41. The van der Waals surface area contributed by atoms with E-state index in [4.69, 9.17) is 11.2 Å². The first kappa shape index (κ1) is 11.5. The maximum absolute atomic E-state index is 13.1. The molecule has 0 aromatic carbocycles. The van der Waals surface area contributed by atoms with Gasteiger partial charge in [0.15, 0.2) is 6.23 Å². The van der Waals surface area contributed by atoms with Gasteiger partial charge >= 0.3 is 5.69 Å². The molecule has 0 bridgehead atoms. The van der Waals surface area contributed by atoms with Crippen molar-refractivity contribution in [3.63, 3.8) is 0 Å². The topological polar surface area (TPSA) is 125 Å². The van der Waals surface area contributed by atoms with Gasteiger partial charge in [-0.15, -0.1) is 0 Å². The van der Waals surface area contributed by atoms with Crippen molar-refractivity contribution in [2.75, 3.05) is 6.58 Å². The Hall–Kier alpha value is -1.55. The molecular weight excluding hydrogens is 251 g/mol. The summed E-state index contributed by atoms with van der Waals surface area (Å²) in [4.78, 5) is 24.0. The molecule has 1 aliphatic rings. The zero-order valence-electron chi connectivity index (χ0n) is 9.86. The number of hydrogen-bond donors (Lipinski definition) is 4. The second-order valence-electron chi connectivity index (χ2n) is 3.77. The molecule has 1 unspecified atom stereocenters. The number of ether oxygens (including phenoxy) is 1. The highest BCUT2D eigenvalue weighted by Gasteiger charge is 2.43. The van der Waals surface area contributed by atoms with E-state index in [0.717, 1.165) is 0 Å². The van der Waals surface area contributed by atoms with Crippen LogP contribution in [0.3, 0.4) is 0 Å². The van der Waals surface area contributed by atoms with E-state index in [1.807, 2.05) is 0 Å². The van der Waals surface area contributed by atoms with Gasteiger partial charge < -0.3 is 20.1 Å². The van der Waals surface area contributed by atoms with Crippen LogP contribution >= 0.6 is 0 Å². The highest BCUT2D eigenvalue weighted by atomic mass is 19.1. The van der Waals surface area contributed by atoms with Crippen molar-refractivity contribution in [1.82, 2.24) is 9.55 Å². The first-order valence-corrected chi connectivity index (χ1v) is 4.96. The second-order valence-corrected chi connectivity index (χ2v) is 3.77. The fourth-order valence-electron chi connectivity index (χ4n) is 1.69. The Morgan fingerprint density at radius 2 is 2.17 bits per heavy atom. The predicted octanol–water partition coefficient (Wildman–Crippen LogP) is -2.71. The lowest BCUT2D eigenvalue weighted by Crippen LogP contribution is -2.38. The molecule has 100 valence electrons. The van der Waals surface area contributed by atoms with Crippen LogP contribution in [0.5, 0.6) is 0 Å². The average Bonchev–Trinajstić information content (AvgIpc) is 2.62. The number of nitrogens with one attached hydrogen (secondary N) is 1. The number of rotatable bonds is 2. The Bertz CT molecular complexity index is 587. The predicted molar refractivity (Wildman–Crippen MR) is 54.3 cm³/mol. The number of hydrogen-bond acceptors (Lipinski definition) is 6. The molecule has 5 atom stereocenters. The van der Waals surface area contributed by atoms with Gasteiger partial charge in [0.05, 0.1) is 14.2 Å². The van der Waals surface area contributed by atoms with E-state index in [9.17, 15) is 24.2 Å². The molecule has 4 N–H and O–H groups in total. The summed E-state index contributed by atoms with van der Waals surface area (Å²) in [5.74, 6) is -1.28. The van der Waals surface area contributed by atoms with Crippen LogP contribution in [0.15, 0.2) is 15.8 Å². The summed E-state index contributed by atoms with van der Waals surface area (Å²) in [5.41, 5.74) is -2.28. The minimum absolute atomic E-state index is 0.514. The number of nitrogens with zero attached hydrogens (tertiary/aromatic N) is 1. The van der Waals surface area contributed by atoms with Gasteiger partial charge in [-0.05, 0) is 0 Å². The van der Waals surface area contributed by atoms with Gasteiger partial charge in [0, 0.05) is 0 Å². The maximum atomic E-state index is 13.1. The van der Waals surface area contributed by atoms with Crippen molar-refractivity contribution in [3.05, 3.63) is 32.9 Å². The molecule has 2 rings (SSSR count). The number of aliphatic hydroxyl groups is 3. The van der Waals surface area contributed by atoms with Crippen LogP contribution in [-0.2, 0) is 4.74 Å².